The van der Waals surface area contributed by atoms with Gasteiger partial charge >= 0.3 is 17.9 Å². The molecule has 0 aromatic heterocycles. The van der Waals surface area contributed by atoms with Crippen LogP contribution in [0.4, 0.5) is 0 Å². The SMILES string of the molecule is CC/C=C\C/C=C\C/C=C\C/C=C\C/C=C\C/C=C\C/C=C\C/C=C\C/C=C\CCCCCCCC(=O)OCC(COC(=O)CCCCCCCCCCCC)OC(=O)CCCCCCC/C=C\CCC. The first-order valence-corrected chi connectivity index (χ1v) is 29.0. The van der Waals surface area contributed by atoms with E-state index in [9.17, 15) is 14.4 Å². The van der Waals surface area contributed by atoms with Gasteiger partial charge < -0.3 is 14.2 Å². The molecule has 71 heavy (non-hydrogen) atoms. The molecule has 0 saturated carbocycles. The molecule has 0 aromatic rings. The van der Waals surface area contributed by atoms with Crippen molar-refractivity contribution in [3.8, 4) is 0 Å². The van der Waals surface area contributed by atoms with E-state index >= 15 is 0 Å². The number of unbranched alkanes of at least 4 members (excludes halogenated alkanes) is 20. The fourth-order valence-electron chi connectivity index (χ4n) is 7.61. The lowest BCUT2D eigenvalue weighted by atomic mass is 10.1. The lowest BCUT2D eigenvalue weighted by molar-refractivity contribution is -0.167. The molecule has 0 fully saturated rings. The molecule has 0 aliphatic rings. The molecule has 6 heteroatoms. The van der Waals surface area contributed by atoms with Crippen LogP contribution < -0.4 is 0 Å². The Hall–Kier alpha value is -4.19. The summed E-state index contributed by atoms with van der Waals surface area (Å²) < 4.78 is 16.7. The van der Waals surface area contributed by atoms with Crippen molar-refractivity contribution in [2.24, 2.45) is 0 Å². The van der Waals surface area contributed by atoms with E-state index in [1.54, 1.807) is 0 Å². The first-order chi connectivity index (χ1) is 35.0. The summed E-state index contributed by atoms with van der Waals surface area (Å²) >= 11 is 0. The van der Waals surface area contributed by atoms with Gasteiger partial charge in [0.05, 0.1) is 0 Å². The summed E-state index contributed by atoms with van der Waals surface area (Å²) in [7, 11) is 0. The van der Waals surface area contributed by atoms with Crippen LogP contribution in [0.25, 0.3) is 0 Å². The Labute approximate surface area is 437 Å². The van der Waals surface area contributed by atoms with Crippen LogP contribution in [0.2, 0.25) is 0 Å². The molecular weight excluding hydrogens is 877 g/mol. The number of carbonyl (C=O) groups excluding carboxylic acids is 3. The smallest absolute Gasteiger partial charge is 0.306 e. The maximum Gasteiger partial charge on any atom is 0.306 e. The van der Waals surface area contributed by atoms with Crippen molar-refractivity contribution in [2.45, 2.75) is 258 Å². The number of hydrogen-bond acceptors (Lipinski definition) is 6. The van der Waals surface area contributed by atoms with Crippen molar-refractivity contribution in [1.82, 2.24) is 0 Å². The number of allylic oxidation sites excluding steroid dienone is 20. The first kappa shape index (κ1) is 66.8. The highest BCUT2D eigenvalue weighted by atomic mass is 16.6. The molecular formula is C65H106O6. The summed E-state index contributed by atoms with van der Waals surface area (Å²) in [6.07, 6.45) is 80.7. The monoisotopic (exact) mass is 983 g/mol. The van der Waals surface area contributed by atoms with Gasteiger partial charge in [-0.3, -0.25) is 14.4 Å². The third-order valence-corrected chi connectivity index (χ3v) is 11.9. The summed E-state index contributed by atoms with van der Waals surface area (Å²) in [5.74, 6) is -0.924. The second-order valence-electron chi connectivity index (χ2n) is 18.8. The van der Waals surface area contributed by atoms with E-state index in [1.807, 2.05) is 0 Å². The number of esters is 3. The second kappa shape index (κ2) is 58.4. The number of hydrogen-bond donors (Lipinski definition) is 0. The molecule has 0 rings (SSSR count). The lowest BCUT2D eigenvalue weighted by Gasteiger charge is -2.18. The molecule has 0 amide bonds. The van der Waals surface area contributed by atoms with Gasteiger partial charge in [-0.25, -0.2) is 0 Å². The van der Waals surface area contributed by atoms with Gasteiger partial charge in [-0.15, -0.1) is 0 Å². The maximum atomic E-state index is 12.7. The van der Waals surface area contributed by atoms with Crippen molar-refractivity contribution < 1.29 is 28.6 Å². The molecule has 6 nitrogen and oxygen atoms in total. The van der Waals surface area contributed by atoms with Crippen LogP contribution in [0.3, 0.4) is 0 Å². The van der Waals surface area contributed by atoms with Crippen LogP contribution >= 0.6 is 0 Å². The Morgan fingerprint density at radius 1 is 0.296 bits per heavy atom. The van der Waals surface area contributed by atoms with E-state index in [1.165, 1.54) is 57.8 Å². The van der Waals surface area contributed by atoms with E-state index in [0.29, 0.717) is 19.3 Å². The van der Waals surface area contributed by atoms with Gasteiger partial charge in [0.15, 0.2) is 6.10 Å². The fourth-order valence-corrected chi connectivity index (χ4v) is 7.61. The van der Waals surface area contributed by atoms with Crippen LogP contribution in [0.15, 0.2) is 122 Å². The van der Waals surface area contributed by atoms with E-state index in [-0.39, 0.29) is 31.1 Å². The molecule has 0 spiro atoms. The number of ether oxygens (including phenoxy) is 3. The minimum absolute atomic E-state index is 0.0877. The average molecular weight is 984 g/mol. The molecule has 1 unspecified atom stereocenters. The van der Waals surface area contributed by atoms with Gasteiger partial charge in [0.25, 0.3) is 0 Å². The molecule has 0 aliphatic heterocycles. The van der Waals surface area contributed by atoms with Crippen molar-refractivity contribution in [1.29, 1.82) is 0 Å². The van der Waals surface area contributed by atoms with E-state index in [4.69, 9.17) is 14.2 Å². The van der Waals surface area contributed by atoms with Crippen molar-refractivity contribution in [3.63, 3.8) is 0 Å². The third-order valence-electron chi connectivity index (χ3n) is 11.9. The summed E-state index contributed by atoms with van der Waals surface area (Å²) in [4.78, 5) is 37.9. The van der Waals surface area contributed by atoms with Crippen LogP contribution in [-0.4, -0.2) is 37.2 Å². The summed E-state index contributed by atoms with van der Waals surface area (Å²) in [5, 5.41) is 0. The standard InChI is InChI=1S/C65H106O6/c1-4-7-10-13-16-19-22-23-24-25-26-27-28-29-30-31-32-33-34-35-36-37-38-39-40-41-42-43-44-47-49-52-55-58-64(67)70-61-62(71-65(68)59-56-53-50-46-21-18-15-12-9-6-3)60-69-63(66)57-54-51-48-45-20-17-14-11-8-5-2/h7,10,12,15-16,19,23-24,26-27,29-30,32-33,35-36,38-39,41-42,62H,4-6,8-9,11,13-14,17-18,20-22,25,28,31,34,37,40,43-61H2,1-3H3/b10-7-,15-12-,19-16-,24-23-,27-26-,30-29-,33-32-,36-35-,39-38-,42-41-. The van der Waals surface area contributed by atoms with Crippen molar-refractivity contribution in [2.75, 3.05) is 13.2 Å². The highest BCUT2D eigenvalue weighted by Gasteiger charge is 2.19. The van der Waals surface area contributed by atoms with Crippen LogP contribution in [0.5, 0.6) is 0 Å². The Morgan fingerprint density at radius 3 is 0.930 bits per heavy atom. The minimum Gasteiger partial charge on any atom is -0.462 e. The molecule has 0 bridgehead atoms. The molecule has 0 heterocycles. The van der Waals surface area contributed by atoms with E-state index in [2.05, 4.69) is 142 Å². The Morgan fingerprint density at radius 2 is 0.577 bits per heavy atom. The minimum atomic E-state index is -0.789. The van der Waals surface area contributed by atoms with E-state index in [0.717, 1.165) is 154 Å². The highest BCUT2D eigenvalue weighted by molar-refractivity contribution is 5.71. The summed E-state index contributed by atoms with van der Waals surface area (Å²) in [5.41, 5.74) is 0. The Balaban J connectivity index is 4.20. The molecule has 0 aromatic carbocycles. The topological polar surface area (TPSA) is 78.9 Å². The normalized spacial score (nSPS) is 13.0. The first-order valence-electron chi connectivity index (χ1n) is 29.0. The highest BCUT2D eigenvalue weighted by Crippen LogP contribution is 2.14. The van der Waals surface area contributed by atoms with E-state index < -0.39 is 6.10 Å². The molecule has 0 saturated heterocycles. The van der Waals surface area contributed by atoms with Gasteiger partial charge in [-0.05, 0) is 109 Å². The fraction of sp³-hybridized carbons (Fsp3) is 0.646. The predicted molar refractivity (Wildman–Crippen MR) is 306 cm³/mol. The second-order valence-corrected chi connectivity index (χ2v) is 18.8. The number of rotatable bonds is 51. The number of carbonyl (C=O) groups is 3. The predicted octanol–water partition coefficient (Wildman–Crippen LogP) is 19.6. The lowest BCUT2D eigenvalue weighted by Crippen LogP contribution is -2.30. The molecule has 0 N–H and O–H groups in total. The molecule has 1 atom stereocenters. The zero-order chi connectivity index (χ0) is 51.4. The van der Waals surface area contributed by atoms with Gasteiger partial charge in [0.1, 0.15) is 13.2 Å². The van der Waals surface area contributed by atoms with Crippen LogP contribution in [-0.2, 0) is 28.6 Å². The van der Waals surface area contributed by atoms with Crippen LogP contribution in [0.1, 0.15) is 252 Å². The van der Waals surface area contributed by atoms with Gasteiger partial charge in [-0.1, -0.05) is 245 Å². The quantitative estimate of drug-likeness (QED) is 0.0261. The Kier molecular flexibility index (Phi) is 54.9. The maximum absolute atomic E-state index is 12.7. The van der Waals surface area contributed by atoms with Crippen LogP contribution in [0, 0.1) is 0 Å². The summed E-state index contributed by atoms with van der Waals surface area (Å²) in [6.45, 7) is 6.42. The average Bonchev–Trinajstić information content (AvgIpc) is 3.37. The van der Waals surface area contributed by atoms with Gasteiger partial charge in [0, 0.05) is 19.3 Å². The van der Waals surface area contributed by atoms with Gasteiger partial charge in [-0.2, -0.15) is 0 Å². The largest absolute Gasteiger partial charge is 0.462 e. The van der Waals surface area contributed by atoms with Crippen molar-refractivity contribution in [3.05, 3.63) is 122 Å². The van der Waals surface area contributed by atoms with Crippen molar-refractivity contribution >= 4 is 17.9 Å². The molecule has 0 aliphatic carbocycles. The Bertz CT molecular complexity index is 1500. The zero-order valence-corrected chi connectivity index (χ0v) is 45.9. The van der Waals surface area contributed by atoms with Gasteiger partial charge in [0.2, 0.25) is 0 Å². The zero-order valence-electron chi connectivity index (χ0n) is 45.9. The summed E-state index contributed by atoms with van der Waals surface area (Å²) in [6, 6.07) is 0. The molecule has 402 valence electrons. The third kappa shape index (κ3) is 56.6. The molecule has 0 radical (unpaired) electrons.